The lowest BCUT2D eigenvalue weighted by Gasteiger charge is -2.33. The van der Waals surface area contributed by atoms with Gasteiger partial charge in [-0.2, -0.15) is 4.90 Å². The Labute approximate surface area is 208 Å². The van der Waals surface area contributed by atoms with Gasteiger partial charge in [0.15, 0.2) is 6.04 Å². The molecule has 0 spiro atoms. The van der Waals surface area contributed by atoms with Crippen LogP contribution in [0.3, 0.4) is 0 Å². The van der Waals surface area contributed by atoms with E-state index in [1.165, 1.54) is 0 Å². The smallest absolute Gasteiger partial charge is 0.420 e. The van der Waals surface area contributed by atoms with Crippen molar-refractivity contribution in [3.05, 3.63) is 35.9 Å². The maximum atomic E-state index is 13.3. The molecule has 1 aromatic rings. The second-order valence-corrected chi connectivity index (χ2v) is 11.2. The minimum atomic E-state index is -1.31. The molecule has 2 aliphatic rings. The molecule has 1 aliphatic heterocycles. The van der Waals surface area contributed by atoms with Gasteiger partial charge in [0.25, 0.3) is 0 Å². The fourth-order valence-electron chi connectivity index (χ4n) is 4.32. The van der Waals surface area contributed by atoms with Crippen LogP contribution < -0.4 is 0 Å². The summed E-state index contributed by atoms with van der Waals surface area (Å²) < 4.78 is 22.8. The molecule has 0 aromatic heterocycles. The normalized spacial score (nSPS) is 23.8. The second kappa shape index (κ2) is 11.0. The van der Waals surface area contributed by atoms with E-state index >= 15 is 0 Å². The summed E-state index contributed by atoms with van der Waals surface area (Å²) in [6, 6.07) is 8.72. The predicted molar refractivity (Wildman–Crippen MR) is 130 cm³/mol. The average Bonchev–Trinajstić information content (AvgIpc) is 3.57. The molecule has 2 amide bonds. The molecule has 1 aromatic carbocycles. The highest BCUT2D eigenvalue weighted by Crippen LogP contribution is 2.42. The molecular weight excluding hydrogens is 450 g/mol. The van der Waals surface area contributed by atoms with Crippen molar-refractivity contribution < 1.29 is 33.3 Å². The molecule has 1 aliphatic carbocycles. The number of carbonyl (C=O) groups excluding carboxylic acids is 3. The van der Waals surface area contributed by atoms with E-state index in [9.17, 15) is 14.4 Å². The van der Waals surface area contributed by atoms with E-state index in [0.717, 1.165) is 29.7 Å². The first-order chi connectivity index (χ1) is 16.4. The van der Waals surface area contributed by atoms with Crippen LogP contribution in [0.2, 0.25) is 0 Å². The van der Waals surface area contributed by atoms with Gasteiger partial charge in [0.1, 0.15) is 11.2 Å². The molecule has 8 nitrogen and oxygen atoms in total. The highest BCUT2D eigenvalue weighted by atomic mass is 16.6. The summed E-state index contributed by atoms with van der Waals surface area (Å²) in [5, 5.41) is 0. The highest BCUT2D eigenvalue weighted by molar-refractivity contribution is 5.94. The van der Waals surface area contributed by atoms with Crippen LogP contribution in [0.5, 0.6) is 0 Å². The van der Waals surface area contributed by atoms with Gasteiger partial charge in [-0.15, -0.1) is 0 Å². The number of amides is 2. The van der Waals surface area contributed by atoms with E-state index in [4.69, 9.17) is 18.9 Å². The van der Waals surface area contributed by atoms with Gasteiger partial charge in [-0.05, 0) is 84.6 Å². The summed E-state index contributed by atoms with van der Waals surface area (Å²) in [6.45, 7) is 10.7. The topological polar surface area (TPSA) is 91.4 Å². The van der Waals surface area contributed by atoms with E-state index in [-0.39, 0.29) is 18.4 Å². The van der Waals surface area contributed by atoms with Gasteiger partial charge < -0.3 is 18.9 Å². The van der Waals surface area contributed by atoms with Crippen LogP contribution in [-0.4, -0.2) is 59.6 Å². The molecule has 3 atom stereocenters. The summed E-state index contributed by atoms with van der Waals surface area (Å²) in [5.41, 5.74) is -0.482. The monoisotopic (exact) mass is 489 g/mol. The van der Waals surface area contributed by atoms with Crippen LogP contribution in [0.15, 0.2) is 30.3 Å². The number of nitrogens with zero attached hydrogens (tertiary/aromatic N) is 1. The van der Waals surface area contributed by atoms with Crippen LogP contribution in [0, 0.1) is 11.8 Å². The van der Waals surface area contributed by atoms with Crippen LogP contribution in [0.1, 0.15) is 66.4 Å². The quantitative estimate of drug-likeness (QED) is 0.418. The lowest BCUT2D eigenvalue weighted by Crippen LogP contribution is -2.54. The standard InChI is InChI=1S/C27H39NO7/c1-18-14-20(15-19-10-8-7-9-11-19)16-32-17-22(23(29)33-18)28(24(30)34-26(2,3)4)25(31)35-27(5,6)21-12-13-21/h7-11,18,20-22H,12-17H2,1-6H3/t18-,20-,22-/m0/s1. The minimum absolute atomic E-state index is 0.106. The number of rotatable bonds is 5. The molecule has 35 heavy (non-hydrogen) atoms. The van der Waals surface area contributed by atoms with Crippen molar-refractivity contribution in [3.63, 3.8) is 0 Å². The summed E-state index contributed by atoms with van der Waals surface area (Å²) in [7, 11) is 0. The van der Waals surface area contributed by atoms with Crippen molar-refractivity contribution in [3.8, 4) is 0 Å². The molecule has 0 bridgehead atoms. The Balaban J connectivity index is 1.80. The first-order valence-corrected chi connectivity index (χ1v) is 12.4. The molecule has 2 fully saturated rings. The molecule has 3 rings (SSSR count). The number of esters is 1. The Bertz CT molecular complexity index is 889. The molecule has 1 saturated heterocycles. The first-order valence-electron chi connectivity index (χ1n) is 12.4. The minimum Gasteiger partial charge on any atom is -0.461 e. The van der Waals surface area contributed by atoms with Crippen molar-refractivity contribution in [2.75, 3.05) is 13.2 Å². The third-order valence-electron chi connectivity index (χ3n) is 6.26. The Hall–Kier alpha value is -2.61. The Kier molecular flexibility index (Phi) is 8.46. The molecule has 0 radical (unpaired) electrons. The molecule has 1 heterocycles. The van der Waals surface area contributed by atoms with Gasteiger partial charge in [0.05, 0.1) is 12.7 Å². The van der Waals surface area contributed by atoms with Crippen molar-refractivity contribution in [2.45, 2.75) is 90.6 Å². The summed E-state index contributed by atoms with van der Waals surface area (Å²) >= 11 is 0. The Morgan fingerprint density at radius 1 is 1.00 bits per heavy atom. The van der Waals surface area contributed by atoms with E-state index in [1.807, 2.05) is 51.1 Å². The summed E-state index contributed by atoms with van der Waals surface area (Å²) in [5.74, 6) is -0.394. The fourth-order valence-corrected chi connectivity index (χ4v) is 4.32. The van der Waals surface area contributed by atoms with Gasteiger partial charge in [-0.1, -0.05) is 30.3 Å². The van der Waals surface area contributed by atoms with Gasteiger partial charge >= 0.3 is 18.2 Å². The number of carbonyl (C=O) groups is 3. The van der Waals surface area contributed by atoms with Gasteiger partial charge in [-0.3, -0.25) is 0 Å². The van der Waals surface area contributed by atoms with Crippen LogP contribution in [0.25, 0.3) is 0 Å². The zero-order valence-corrected chi connectivity index (χ0v) is 21.7. The maximum Gasteiger partial charge on any atom is 0.420 e. The first kappa shape index (κ1) is 27.0. The maximum absolute atomic E-state index is 13.3. The van der Waals surface area contributed by atoms with Crippen molar-refractivity contribution >= 4 is 18.2 Å². The number of hydrogen-bond donors (Lipinski definition) is 0. The number of hydrogen-bond acceptors (Lipinski definition) is 7. The zero-order chi connectivity index (χ0) is 25.8. The Morgan fingerprint density at radius 2 is 1.63 bits per heavy atom. The Morgan fingerprint density at radius 3 is 2.23 bits per heavy atom. The molecule has 194 valence electrons. The van der Waals surface area contributed by atoms with E-state index in [0.29, 0.717) is 13.0 Å². The predicted octanol–water partition coefficient (Wildman–Crippen LogP) is 5.13. The molecular formula is C27H39NO7. The van der Waals surface area contributed by atoms with E-state index < -0.39 is 41.5 Å². The molecule has 1 saturated carbocycles. The molecule has 0 unspecified atom stereocenters. The van der Waals surface area contributed by atoms with Crippen molar-refractivity contribution in [1.82, 2.24) is 4.90 Å². The highest BCUT2D eigenvalue weighted by Gasteiger charge is 2.46. The fraction of sp³-hybridized carbons (Fsp3) is 0.667. The van der Waals surface area contributed by atoms with Crippen molar-refractivity contribution in [1.29, 1.82) is 0 Å². The lowest BCUT2D eigenvalue weighted by atomic mass is 9.95. The summed E-state index contributed by atoms with van der Waals surface area (Å²) in [6.07, 6.45) is 0.935. The van der Waals surface area contributed by atoms with Crippen LogP contribution >= 0.6 is 0 Å². The van der Waals surface area contributed by atoms with Gasteiger partial charge in [-0.25, -0.2) is 14.4 Å². The number of cyclic esters (lactones) is 1. The zero-order valence-electron chi connectivity index (χ0n) is 21.7. The van der Waals surface area contributed by atoms with Crippen LogP contribution in [0.4, 0.5) is 9.59 Å². The summed E-state index contributed by atoms with van der Waals surface area (Å²) in [4.78, 5) is 40.3. The average molecular weight is 490 g/mol. The molecule has 8 heteroatoms. The number of imide groups is 1. The largest absolute Gasteiger partial charge is 0.461 e. The lowest BCUT2D eigenvalue weighted by molar-refractivity contribution is -0.155. The van der Waals surface area contributed by atoms with Gasteiger partial charge in [0.2, 0.25) is 0 Å². The van der Waals surface area contributed by atoms with E-state index in [2.05, 4.69) is 0 Å². The van der Waals surface area contributed by atoms with Crippen LogP contribution in [-0.2, 0) is 30.2 Å². The van der Waals surface area contributed by atoms with Crippen molar-refractivity contribution in [2.24, 2.45) is 11.8 Å². The van der Waals surface area contributed by atoms with Gasteiger partial charge in [0, 0.05) is 6.61 Å². The number of ether oxygens (including phenoxy) is 4. The number of benzene rings is 1. The second-order valence-electron chi connectivity index (χ2n) is 11.2. The molecule has 0 N–H and O–H groups in total. The SMILES string of the molecule is C[C@H]1C[C@@H](Cc2ccccc2)COC[C@H](N(C(=O)OC(C)(C)C)C(=O)OC(C)(C)C2CC2)C(=O)O1. The third kappa shape index (κ3) is 7.95. The van der Waals surface area contributed by atoms with E-state index in [1.54, 1.807) is 20.8 Å². The third-order valence-corrected chi connectivity index (χ3v) is 6.26.